The molecule has 0 aliphatic heterocycles. The summed E-state index contributed by atoms with van der Waals surface area (Å²) in [5.74, 6) is -0.505. The molecule has 0 bridgehead atoms. The van der Waals surface area contributed by atoms with E-state index in [0.29, 0.717) is 22.8 Å². The third kappa shape index (κ3) is 5.98. The van der Waals surface area contributed by atoms with E-state index in [2.05, 4.69) is 16.0 Å². The predicted molar refractivity (Wildman–Crippen MR) is 110 cm³/mol. The van der Waals surface area contributed by atoms with Crippen LogP contribution in [0.5, 0.6) is 0 Å². The number of benzene rings is 2. The van der Waals surface area contributed by atoms with E-state index in [-0.39, 0.29) is 21.6 Å². The molecule has 0 saturated heterocycles. The SMILES string of the molecule is CCCC(=O)Nc1cccc(NC(=S)NC(=O)c2ccc(Cl)cc2Cl)c1. The molecule has 0 aliphatic carbocycles. The van der Waals surface area contributed by atoms with Gasteiger partial charge in [0.25, 0.3) is 5.91 Å². The van der Waals surface area contributed by atoms with Crippen molar-refractivity contribution in [3.05, 3.63) is 58.1 Å². The van der Waals surface area contributed by atoms with Crippen LogP contribution >= 0.6 is 35.4 Å². The van der Waals surface area contributed by atoms with Crippen molar-refractivity contribution in [3.63, 3.8) is 0 Å². The molecule has 0 atom stereocenters. The maximum Gasteiger partial charge on any atom is 0.258 e. The van der Waals surface area contributed by atoms with Crippen LogP contribution in [0.2, 0.25) is 10.0 Å². The molecule has 136 valence electrons. The van der Waals surface area contributed by atoms with Crippen molar-refractivity contribution in [2.24, 2.45) is 0 Å². The number of anilines is 2. The van der Waals surface area contributed by atoms with Gasteiger partial charge in [-0.1, -0.05) is 36.2 Å². The molecular weight excluding hydrogens is 393 g/mol. The molecule has 0 radical (unpaired) electrons. The van der Waals surface area contributed by atoms with Crippen LogP contribution in [-0.4, -0.2) is 16.9 Å². The van der Waals surface area contributed by atoms with Gasteiger partial charge < -0.3 is 10.6 Å². The number of rotatable bonds is 5. The van der Waals surface area contributed by atoms with E-state index in [4.69, 9.17) is 35.4 Å². The number of halogens is 2. The summed E-state index contributed by atoms with van der Waals surface area (Å²) in [5.41, 5.74) is 1.54. The first-order valence-electron chi connectivity index (χ1n) is 7.86. The topological polar surface area (TPSA) is 70.2 Å². The van der Waals surface area contributed by atoms with Crippen molar-refractivity contribution in [2.75, 3.05) is 10.6 Å². The molecule has 0 heterocycles. The maximum absolute atomic E-state index is 12.2. The van der Waals surface area contributed by atoms with Crippen LogP contribution in [0.1, 0.15) is 30.1 Å². The Balaban J connectivity index is 1.99. The Bertz CT molecular complexity index is 843. The van der Waals surface area contributed by atoms with Gasteiger partial charge in [-0.2, -0.15) is 0 Å². The van der Waals surface area contributed by atoms with Crippen molar-refractivity contribution in [1.29, 1.82) is 0 Å². The minimum Gasteiger partial charge on any atom is -0.332 e. The fourth-order valence-corrected chi connectivity index (χ4v) is 2.84. The molecule has 0 aromatic heterocycles. The third-order valence-electron chi connectivity index (χ3n) is 3.28. The molecule has 2 aromatic rings. The Morgan fingerprint density at radius 1 is 1.04 bits per heavy atom. The minimum atomic E-state index is -0.448. The van der Waals surface area contributed by atoms with Crippen molar-refractivity contribution in [2.45, 2.75) is 19.8 Å². The highest BCUT2D eigenvalue weighted by Crippen LogP contribution is 2.21. The van der Waals surface area contributed by atoms with Gasteiger partial charge in [-0.15, -0.1) is 0 Å². The second-order valence-electron chi connectivity index (χ2n) is 5.41. The normalized spacial score (nSPS) is 10.1. The number of carbonyl (C=O) groups is 2. The van der Waals surface area contributed by atoms with Crippen LogP contribution < -0.4 is 16.0 Å². The fourth-order valence-electron chi connectivity index (χ4n) is 2.13. The number of hydrogen-bond acceptors (Lipinski definition) is 3. The van der Waals surface area contributed by atoms with Crippen LogP contribution in [0.3, 0.4) is 0 Å². The summed E-state index contributed by atoms with van der Waals surface area (Å²) in [6, 6.07) is 11.6. The largest absolute Gasteiger partial charge is 0.332 e. The summed E-state index contributed by atoms with van der Waals surface area (Å²) in [5, 5.41) is 9.03. The van der Waals surface area contributed by atoms with E-state index in [1.807, 2.05) is 6.92 Å². The highest BCUT2D eigenvalue weighted by Gasteiger charge is 2.12. The zero-order valence-electron chi connectivity index (χ0n) is 13.9. The first-order chi connectivity index (χ1) is 12.4. The maximum atomic E-state index is 12.2. The van der Waals surface area contributed by atoms with Gasteiger partial charge in [0.2, 0.25) is 5.91 Å². The van der Waals surface area contributed by atoms with Gasteiger partial charge in [0, 0.05) is 22.8 Å². The first-order valence-corrected chi connectivity index (χ1v) is 9.02. The van der Waals surface area contributed by atoms with E-state index in [9.17, 15) is 9.59 Å². The zero-order chi connectivity index (χ0) is 19.1. The standard InChI is InChI=1S/C18H17Cl2N3O2S/c1-2-4-16(24)21-12-5-3-6-13(10-12)22-18(26)23-17(25)14-8-7-11(19)9-15(14)20/h3,5-10H,2,4H2,1H3,(H,21,24)(H2,22,23,25,26). The van der Waals surface area contributed by atoms with Gasteiger partial charge in [-0.3, -0.25) is 14.9 Å². The summed E-state index contributed by atoms with van der Waals surface area (Å²) in [4.78, 5) is 23.9. The Kier molecular flexibility index (Phi) is 7.38. The lowest BCUT2D eigenvalue weighted by molar-refractivity contribution is -0.116. The number of carbonyl (C=O) groups excluding carboxylic acids is 2. The molecule has 0 unspecified atom stereocenters. The predicted octanol–water partition coefficient (Wildman–Crippen LogP) is 4.86. The highest BCUT2D eigenvalue weighted by molar-refractivity contribution is 7.80. The number of thiocarbonyl (C=S) groups is 1. The molecule has 2 amide bonds. The molecule has 8 heteroatoms. The second-order valence-corrected chi connectivity index (χ2v) is 6.66. The summed E-state index contributed by atoms with van der Waals surface area (Å²) in [7, 11) is 0. The smallest absolute Gasteiger partial charge is 0.258 e. The van der Waals surface area contributed by atoms with Crippen LogP contribution in [-0.2, 0) is 4.79 Å². The Morgan fingerprint density at radius 2 is 1.73 bits per heavy atom. The number of nitrogens with one attached hydrogen (secondary N) is 3. The third-order valence-corrected chi connectivity index (χ3v) is 4.04. The summed E-state index contributed by atoms with van der Waals surface area (Å²) < 4.78 is 0. The molecule has 0 fully saturated rings. The quantitative estimate of drug-likeness (QED) is 0.616. The molecule has 0 saturated carbocycles. The van der Waals surface area contributed by atoms with E-state index in [0.717, 1.165) is 6.42 Å². The lowest BCUT2D eigenvalue weighted by Gasteiger charge is -2.12. The Morgan fingerprint density at radius 3 is 2.38 bits per heavy atom. The summed E-state index contributed by atoms with van der Waals surface area (Å²) in [6.45, 7) is 1.94. The van der Waals surface area contributed by atoms with Crippen LogP contribution in [0, 0.1) is 0 Å². The molecule has 0 aliphatic rings. The average molecular weight is 410 g/mol. The second kappa shape index (κ2) is 9.52. The van der Waals surface area contributed by atoms with Crippen LogP contribution in [0.15, 0.2) is 42.5 Å². The number of hydrogen-bond donors (Lipinski definition) is 3. The molecule has 26 heavy (non-hydrogen) atoms. The molecular formula is C18H17Cl2N3O2S. The Hall–Kier alpha value is -2.15. The van der Waals surface area contributed by atoms with E-state index in [1.54, 1.807) is 30.3 Å². The molecule has 0 spiro atoms. The molecule has 3 N–H and O–H groups in total. The van der Waals surface area contributed by atoms with Gasteiger partial charge in [0.05, 0.1) is 10.6 Å². The van der Waals surface area contributed by atoms with Gasteiger partial charge in [0.1, 0.15) is 0 Å². The van der Waals surface area contributed by atoms with E-state index in [1.165, 1.54) is 12.1 Å². The highest BCUT2D eigenvalue weighted by atomic mass is 35.5. The van der Waals surface area contributed by atoms with Gasteiger partial charge in [-0.25, -0.2) is 0 Å². The van der Waals surface area contributed by atoms with Crippen molar-refractivity contribution < 1.29 is 9.59 Å². The van der Waals surface area contributed by atoms with Crippen molar-refractivity contribution in [1.82, 2.24) is 5.32 Å². The molecule has 2 rings (SSSR count). The van der Waals surface area contributed by atoms with E-state index >= 15 is 0 Å². The fraction of sp³-hybridized carbons (Fsp3) is 0.167. The van der Waals surface area contributed by atoms with Crippen LogP contribution in [0.25, 0.3) is 0 Å². The summed E-state index contributed by atoms with van der Waals surface area (Å²) >= 11 is 17.0. The zero-order valence-corrected chi connectivity index (χ0v) is 16.3. The van der Waals surface area contributed by atoms with Gasteiger partial charge in [-0.05, 0) is 55.0 Å². The first kappa shape index (κ1) is 20.2. The van der Waals surface area contributed by atoms with Crippen molar-refractivity contribution >= 4 is 63.7 Å². The lowest BCUT2D eigenvalue weighted by atomic mass is 10.2. The van der Waals surface area contributed by atoms with Gasteiger partial charge in [0.15, 0.2) is 5.11 Å². The Labute approximate surface area is 167 Å². The minimum absolute atomic E-state index is 0.0575. The van der Waals surface area contributed by atoms with Gasteiger partial charge >= 0.3 is 0 Å². The van der Waals surface area contributed by atoms with E-state index < -0.39 is 5.91 Å². The lowest BCUT2D eigenvalue weighted by Crippen LogP contribution is -2.34. The van der Waals surface area contributed by atoms with Crippen molar-refractivity contribution in [3.8, 4) is 0 Å². The van der Waals surface area contributed by atoms with Crippen LogP contribution in [0.4, 0.5) is 11.4 Å². The number of amides is 2. The molecule has 5 nitrogen and oxygen atoms in total. The molecule has 2 aromatic carbocycles. The average Bonchev–Trinajstić information content (AvgIpc) is 2.54. The summed E-state index contributed by atoms with van der Waals surface area (Å²) in [6.07, 6.45) is 1.22. The monoisotopic (exact) mass is 409 g/mol.